The van der Waals surface area contributed by atoms with Gasteiger partial charge in [0.1, 0.15) is 17.2 Å². The third-order valence-corrected chi connectivity index (χ3v) is 5.83. The van der Waals surface area contributed by atoms with Crippen LogP contribution in [-0.4, -0.2) is 40.6 Å². The highest BCUT2D eigenvalue weighted by Gasteiger charge is 2.50. The average Bonchev–Trinajstić information content (AvgIpc) is 3.32. The van der Waals surface area contributed by atoms with Crippen LogP contribution in [0.3, 0.4) is 0 Å². The lowest BCUT2D eigenvalue weighted by atomic mass is 9.89. The molecular weight excluding hydrogens is 326 g/mol. The lowest BCUT2D eigenvalue weighted by Gasteiger charge is -2.33. The molecule has 3 aromatic rings. The quantitative estimate of drug-likeness (QED) is 0.758. The first-order valence-corrected chi connectivity index (χ1v) is 9.23. The van der Waals surface area contributed by atoms with Gasteiger partial charge in [0.2, 0.25) is 0 Å². The first-order chi connectivity index (χ1) is 12.8. The van der Waals surface area contributed by atoms with E-state index in [1.165, 1.54) is 19.3 Å². The summed E-state index contributed by atoms with van der Waals surface area (Å²) in [6.07, 6.45) is 7.77. The van der Waals surface area contributed by atoms with Crippen LogP contribution in [0, 0.1) is 5.41 Å². The van der Waals surface area contributed by atoms with Crippen LogP contribution in [0.25, 0.3) is 17.0 Å². The number of methoxy groups -OCH3 is 1. The maximum atomic E-state index is 5.28. The van der Waals surface area contributed by atoms with Gasteiger partial charge in [0.05, 0.1) is 24.7 Å². The zero-order valence-electron chi connectivity index (χ0n) is 14.9. The third kappa shape index (κ3) is 2.61. The highest BCUT2D eigenvalue weighted by molar-refractivity contribution is 5.63. The molecular formula is C20H23N5O. The molecule has 6 heteroatoms. The minimum Gasteiger partial charge on any atom is -0.497 e. The Morgan fingerprint density at radius 1 is 1.27 bits per heavy atom. The van der Waals surface area contributed by atoms with Crippen molar-refractivity contribution >= 4 is 11.5 Å². The predicted octanol–water partition coefficient (Wildman–Crippen LogP) is 2.96. The van der Waals surface area contributed by atoms with Crippen LogP contribution in [0.2, 0.25) is 0 Å². The standard InChI is InChI=1S/C20H23N5O/c1-26-14-5-10-25-16(12-22-19(25)11-14)15-3-2-4-18(23-15)24-17-13-21-9-8-20(17)6-7-20/h2-5,10-12,17,21H,6-9,13H2,1H3,(H,23,24). The number of hydrogen-bond donors (Lipinski definition) is 2. The molecule has 5 rings (SSSR count). The molecule has 3 aromatic heterocycles. The molecule has 1 spiro atoms. The normalized spacial score (nSPS) is 21.0. The third-order valence-electron chi connectivity index (χ3n) is 5.83. The fourth-order valence-electron chi connectivity index (χ4n) is 4.05. The zero-order valence-corrected chi connectivity index (χ0v) is 14.9. The minimum atomic E-state index is 0.463. The predicted molar refractivity (Wildman–Crippen MR) is 102 cm³/mol. The number of hydrogen-bond acceptors (Lipinski definition) is 5. The molecule has 1 aliphatic heterocycles. The molecule has 6 nitrogen and oxygen atoms in total. The number of aromatic nitrogens is 3. The Morgan fingerprint density at radius 3 is 3.04 bits per heavy atom. The molecule has 2 fully saturated rings. The van der Waals surface area contributed by atoms with E-state index in [2.05, 4.69) is 27.8 Å². The van der Waals surface area contributed by atoms with Gasteiger partial charge >= 0.3 is 0 Å². The van der Waals surface area contributed by atoms with E-state index < -0.39 is 0 Å². The molecule has 0 radical (unpaired) electrons. The summed E-state index contributed by atoms with van der Waals surface area (Å²) in [5.74, 6) is 1.74. The number of rotatable bonds is 4. The van der Waals surface area contributed by atoms with E-state index in [0.717, 1.165) is 41.7 Å². The van der Waals surface area contributed by atoms with Crippen LogP contribution in [0.5, 0.6) is 5.75 Å². The Hall–Kier alpha value is -2.60. The SMILES string of the molecule is COc1ccn2c(-c3cccc(NC4CNCCC45CC5)n3)cnc2c1. The number of anilines is 1. The molecule has 26 heavy (non-hydrogen) atoms. The van der Waals surface area contributed by atoms with E-state index in [0.29, 0.717) is 11.5 Å². The molecule has 0 bridgehead atoms. The van der Waals surface area contributed by atoms with Gasteiger partial charge in [-0.1, -0.05) is 6.07 Å². The average molecular weight is 349 g/mol. The van der Waals surface area contributed by atoms with Gasteiger partial charge in [-0.2, -0.15) is 0 Å². The van der Waals surface area contributed by atoms with E-state index in [1.54, 1.807) is 7.11 Å². The maximum absolute atomic E-state index is 5.28. The summed E-state index contributed by atoms with van der Waals surface area (Å²) in [5.41, 5.74) is 3.24. The van der Waals surface area contributed by atoms with Gasteiger partial charge in [0.15, 0.2) is 0 Å². The summed E-state index contributed by atoms with van der Waals surface area (Å²) in [6.45, 7) is 2.15. The zero-order chi connectivity index (χ0) is 17.6. The number of pyridine rings is 2. The summed E-state index contributed by atoms with van der Waals surface area (Å²) in [7, 11) is 1.67. The fourth-order valence-corrected chi connectivity index (χ4v) is 4.05. The van der Waals surface area contributed by atoms with Crippen molar-refractivity contribution in [1.82, 2.24) is 19.7 Å². The number of imidazole rings is 1. The van der Waals surface area contributed by atoms with Crippen molar-refractivity contribution in [2.24, 2.45) is 5.41 Å². The summed E-state index contributed by atoms with van der Waals surface area (Å²) >= 11 is 0. The Kier molecular flexibility index (Phi) is 3.60. The van der Waals surface area contributed by atoms with Gasteiger partial charge in [0.25, 0.3) is 0 Å². The van der Waals surface area contributed by atoms with Crippen molar-refractivity contribution in [1.29, 1.82) is 0 Å². The van der Waals surface area contributed by atoms with Gasteiger partial charge in [0, 0.05) is 24.8 Å². The van der Waals surface area contributed by atoms with Crippen molar-refractivity contribution in [3.05, 3.63) is 42.7 Å². The van der Waals surface area contributed by atoms with E-state index in [1.807, 2.05) is 35.0 Å². The van der Waals surface area contributed by atoms with Crippen LogP contribution < -0.4 is 15.4 Å². The summed E-state index contributed by atoms with van der Waals surface area (Å²) in [6, 6.07) is 10.5. The maximum Gasteiger partial charge on any atom is 0.140 e. The highest BCUT2D eigenvalue weighted by Crippen LogP contribution is 2.53. The second-order valence-corrected chi connectivity index (χ2v) is 7.36. The molecule has 2 N–H and O–H groups in total. The minimum absolute atomic E-state index is 0.463. The molecule has 1 saturated carbocycles. The number of nitrogens with one attached hydrogen (secondary N) is 2. The summed E-state index contributed by atoms with van der Waals surface area (Å²) < 4.78 is 7.32. The smallest absolute Gasteiger partial charge is 0.140 e. The topological polar surface area (TPSA) is 63.5 Å². The Morgan fingerprint density at radius 2 is 2.19 bits per heavy atom. The molecule has 0 amide bonds. The highest BCUT2D eigenvalue weighted by atomic mass is 16.5. The second kappa shape index (κ2) is 5.99. The van der Waals surface area contributed by atoms with Crippen molar-refractivity contribution in [3.63, 3.8) is 0 Å². The van der Waals surface area contributed by atoms with Gasteiger partial charge in [-0.05, 0) is 49.4 Å². The molecule has 2 aliphatic rings. The lowest BCUT2D eigenvalue weighted by molar-refractivity contribution is 0.319. The van der Waals surface area contributed by atoms with Gasteiger partial charge in [-0.15, -0.1) is 0 Å². The molecule has 4 heterocycles. The van der Waals surface area contributed by atoms with Crippen molar-refractivity contribution in [2.75, 3.05) is 25.5 Å². The number of piperidine rings is 1. The molecule has 1 saturated heterocycles. The van der Waals surface area contributed by atoms with Crippen molar-refractivity contribution in [3.8, 4) is 17.1 Å². The largest absolute Gasteiger partial charge is 0.497 e. The number of ether oxygens (including phenoxy) is 1. The summed E-state index contributed by atoms with van der Waals surface area (Å²) in [5, 5.41) is 7.19. The number of fused-ring (bicyclic) bond motifs is 1. The second-order valence-electron chi connectivity index (χ2n) is 7.36. The molecule has 1 unspecified atom stereocenters. The van der Waals surface area contributed by atoms with Crippen LogP contribution in [0.15, 0.2) is 42.7 Å². The molecule has 0 aromatic carbocycles. The Labute approximate surface area is 152 Å². The van der Waals surface area contributed by atoms with Gasteiger partial charge < -0.3 is 15.4 Å². The van der Waals surface area contributed by atoms with Crippen LogP contribution >= 0.6 is 0 Å². The van der Waals surface area contributed by atoms with Gasteiger partial charge in [-0.3, -0.25) is 4.40 Å². The first kappa shape index (κ1) is 15.6. The summed E-state index contributed by atoms with van der Waals surface area (Å²) in [4.78, 5) is 9.36. The van der Waals surface area contributed by atoms with Crippen LogP contribution in [0.1, 0.15) is 19.3 Å². The Bertz CT molecular complexity index is 946. The fraction of sp³-hybridized carbons (Fsp3) is 0.400. The van der Waals surface area contributed by atoms with E-state index in [-0.39, 0.29) is 0 Å². The number of nitrogens with zero attached hydrogens (tertiary/aromatic N) is 3. The van der Waals surface area contributed by atoms with Crippen LogP contribution in [0.4, 0.5) is 5.82 Å². The first-order valence-electron chi connectivity index (χ1n) is 9.23. The van der Waals surface area contributed by atoms with E-state index in [9.17, 15) is 0 Å². The van der Waals surface area contributed by atoms with Crippen molar-refractivity contribution < 1.29 is 4.74 Å². The van der Waals surface area contributed by atoms with E-state index in [4.69, 9.17) is 9.72 Å². The van der Waals surface area contributed by atoms with Crippen molar-refractivity contribution in [2.45, 2.75) is 25.3 Å². The lowest BCUT2D eigenvalue weighted by Crippen LogP contribution is -2.46. The van der Waals surface area contributed by atoms with Crippen LogP contribution in [-0.2, 0) is 0 Å². The molecule has 1 aliphatic carbocycles. The monoisotopic (exact) mass is 349 g/mol. The Balaban J connectivity index is 1.45. The van der Waals surface area contributed by atoms with E-state index >= 15 is 0 Å². The molecule has 1 atom stereocenters. The van der Waals surface area contributed by atoms with Gasteiger partial charge in [-0.25, -0.2) is 9.97 Å². The molecule has 134 valence electrons.